The molecule has 1 aliphatic rings. The van der Waals surface area contributed by atoms with Crippen LogP contribution in [-0.4, -0.2) is 9.13 Å². The molecule has 0 amide bonds. The molecule has 182 valence electrons. The van der Waals surface area contributed by atoms with Gasteiger partial charge in [0.1, 0.15) is 0 Å². The molecule has 0 bridgehead atoms. The van der Waals surface area contributed by atoms with Gasteiger partial charge >= 0.3 is 0 Å². The largest absolute Gasteiger partial charge is 0.453 e. The summed E-state index contributed by atoms with van der Waals surface area (Å²) in [6.07, 6.45) is 0. The average molecular weight is 499 g/mol. The molecule has 0 saturated carbocycles. The molecule has 0 radical (unpaired) electrons. The molecule has 2 aromatic heterocycles. The van der Waals surface area contributed by atoms with Crippen molar-refractivity contribution in [1.29, 1.82) is 0 Å². The third-order valence-corrected chi connectivity index (χ3v) is 8.10. The normalized spacial score (nSPS) is 12.3. The van der Waals surface area contributed by atoms with Gasteiger partial charge in [-0.2, -0.15) is 0 Å². The van der Waals surface area contributed by atoms with Crippen LogP contribution in [0, 0.1) is 0 Å². The summed E-state index contributed by atoms with van der Waals surface area (Å²) in [6, 6.07) is 47.7. The quantitative estimate of drug-likeness (QED) is 0.232. The van der Waals surface area contributed by atoms with Crippen molar-refractivity contribution in [2.75, 3.05) is 0 Å². The number of fused-ring (bicyclic) bond motifs is 8. The van der Waals surface area contributed by atoms with Gasteiger partial charge < -0.3 is 13.9 Å². The first-order valence-corrected chi connectivity index (χ1v) is 13.3. The molecular formula is C36H22N2O. The molecule has 0 atom stereocenters. The van der Waals surface area contributed by atoms with Crippen molar-refractivity contribution in [3.8, 4) is 34.0 Å². The Hall–Kier alpha value is -5.28. The number of ether oxygens (including phenoxy) is 1. The van der Waals surface area contributed by atoms with Gasteiger partial charge in [0.2, 0.25) is 0 Å². The van der Waals surface area contributed by atoms with Gasteiger partial charge in [-0.15, -0.1) is 0 Å². The Morgan fingerprint density at radius 1 is 0.410 bits per heavy atom. The second-order valence-corrected chi connectivity index (χ2v) is 10.2. The van der Waals surface area contributed by atoms with Crippen LogP contribution in [0.2, 0.25) is 0 Å². The molecule has 0 saturated heterocycles. The molecule has 3 nitrogen and oxygen atoms in total. The van der Waals surface area contributed by atoms with Crippen LogP contribution in [0.3, 0.4) is 0 Å². The number of benzene rings is 6. The summed E-state index contributed by atoms with van der Waals surface area (Å²) in [4.78, 5) is 0. The second kappa shape index (κ2) is 7.62. The summed E-state index contributed by atoms with van der Waals surface area (Å²) < 4.78 is 11.0. The van der Waals surface area contributed by atoms with E-state index in [-0.39, 0.29) is 0 Å². The van der Waals surface area contributed by atoms with E-state index >= 15 is 0 Å². The fourth-order valence-corrected chi connectivity index (χ4v) is 6.42. The topological polar surface area (TPSA) is 19.1 Å². The van der Waals surface area contributed by atoms with Crippen molar-refractivity contribution >= 4 is 43.6 Å². The highest BCUT2D eigenvalue weighted by molar-refractivity contribution is 6.13. The maximum atomic E-state index is 6.30. The summed E-state index contributed by atoms with van der Waals surface area (Å²) in [5.41, 5.74) is 9.37. The van der Waals surface area contributed by atoms with E-state index < -0.39 is 0 Å². The lowest BCUT2D eigenvalue weighted by atomic mass is 10.0. The Bertz CT molecular complexity index is 2210. The van der Waals surface area contributed by atoms with E-state index in [1.54, 1.807) is 0 Å². The lowest BCUT2D eigenvalue weighted by Crippen LogP contribution is -2.03. The summed E-state index contributed by atoms with van der Waals surface area (Å²) in [5.74, 6) is 1.78. The van der Waals surface area contributed by atoms with Gasteiger partial charge in [-0.05, 0) is 59.7 Å². The Balaban J connectivity index is 1.29. The number of hydrogen-bond acceptors (Lipinski definition) is 1. The van der Waals surface area contributed by atoms with E-state index in [2.05, 4.69) is 130 Å². The molecule has 0 N–H and O–H groups in total. The number of para-hydroxylation sites is 5. The highest BCUT2D eigenvalue weighted by atomic mass is 16.5. The first-order valence-electron chi connectivity index (χ1n) is 13.3. The molecule has 0 aliphatic carbocycles. The number of hydrogen-bond donors (Lipinski definition) is 0. The zero-order valence-corrected chi connectivity index (χ0v) is 21.0. The molecule has 3 heteroatoms. The van der Waals surface area contributed by atoms with Crippen molar-refractivity contribution in [1.82, 2.24) is 9.13 Å². The Kier molecular flexibility index (Phi) is 4.05. The molecule has 0 fully saturated rings. The van der Waals surface area contributed by atoms with Crippen LogP contribution in [0.25, 0.3) is 66.1 Å². The molecule has 39 heavy (non-hydrogen) atoms. The van der Waals surface area contributed by atoms with Crippen LogP contribution >= 0.6 is 0 Å². The molecule has 8 aromatic rings. The molecule has 0 spiro atoms. The van der Waals surface area contributed by atoms with Gasteiger partial charge in [-0.1, -0.05) is 84.9 Å². The van der Waals surface area contributed by atoms with E-state index in [1.807, 2.05) is 12.1 Å². The first-order chi connectivity index (χ1) is 19.3. The number of nitrogens with zero attached hydrogens (tertiary/aromatic N) is 2. The predicted octanol–water partition coefficient (Wildman–Crippen LogP) is 9.65. The third kappa shape index (κ3) is 2.82. The Labute approximate surface area is 224 Å². The monoisotopic (exact) mass is 498 g/mol. The fourth-order valence-electron chi connectivity index (χ4n) is 6.42. The summed E-state index contributed by atoms with van der Waals surface area (Å²) >= 11 is 0. The highest BCUT2D eigenvalue weighted by Crippen LogP contribution is 2.45. The molecular weight excluding hydrogens is 476 g/mol. The van der Waals surface area contributed by atoms with Gasteiger partial charge in [0.25, 0.3) is 0 Å². The van der Waals surface area contributed by atoms with Crippen LogP contribution < -0.4 is 4.74 Å². The molecule has 6 aromatic carbocycles. The van der Waals surface area contributed by atoms with Crippen molar-refractivity contribution in [3.05, 3.63) is 133 Å². The van der Waals surface area contributed by atoms with Gasteiger partial charge in [0.15, 0.2) is 11.5 Å². The van der Waals surface area contributed by atoms with Crippen molar-refractivity contribution in [2.24, 2.45) is 0 Å². The minimum Gasteiger partial charge on any atom is -0.453 e. The van der Waals surface area contributed by atoms with Gasteiger partial charge in [-0.25, -0.2) is 0 Å². The number of aromatic nitrogens is 2. The maximum Gasteiger partial charge on any atom is 0.152 e. The van der Waals surface area contributed by atoms with Crippen LogP contribution in [-0.2, 0) is 0 Å². The molecule has 0 unspecified atom stereocenters. The standard InChI is InChI=1S/C36H22N2O/c1-3-14-30-26(11-1)27-12-2-4-15-31(27)37(30)25-10-7-9-23(21-25)24-19-20-28-29-13-8-18-35-36(29)38(33(28)22-24)32-16-5-6-17-34(32)39-35/h1-22H. The van der Waals surface area contributed by atoms with Crippen LogP contribution in [0.5, 0.6) is 11.5 Å². The second-order valence-electron chi connectivity index (χ2n) is 10.2. The fraction of sp³-hybridized carbons (Fsp3) is 0. The van der Waals surface area contributed by atoms with Crippen molar-refractivity contribution < 1.29 is 4.74 Å². The van der Waals surface area contributed by atoms with Gasteiger partial charge in [0.05, 0.1) is 27.8 Å². The van der Waals surface area contributed by atoms with Crippen LogP contribution in [0.4, 0.5) is 0 Å². The van der Waals surface area contributed by atoms with E-state index in [9.17, 15) is 0 Å². The predicted molar refractivity (Wildman–Crippen MR) is 161 cm³/mol. The molecule has 9 rings (SSSR count). The van der Waals surface area contributed by atoms with Crippen molar-refractivity contribution in [3.63, 3.8) is 0 Å². The molecule has 1 aliphatic heterocycles. The number of rotatable bonds is 2. The SMILES string of the molecule is c1cc(-c2ccc3c4cccc5c4n(c3c2)-c2ccccc2O5)cc(-n2c3ccccc3c3ccccc32)c1. The van der Waals surface area contributed by atoms with Gasteiger partial charge in [0, 0.05) is 27.2 Å². The lowest BCUT2D eigenvalue weighted by Gasteiger charge is -2.20. The van der Waals surface area contributed by atoms with Gasteiger partial charge in [-0.3, -0.25) is 0 Å². The zero-order chi connectivity index (χ0) is 25.5. The minimum absolute atomic E-state index is 0.883. The zero-order valence-electron chi connectivity index (χ0n) is 21.0. The maximum absolute atomic E-state index is 6.30. The van der Waals surface area contributed by atoms with E-state index in [1.165, 1.54) is 49.2 Å². The Morgan fingerprint density at radius 2 is 1.05 bits per heavy atom. The van der Waals surface area contributed by atoms with E-state index in [4.69, 9.17) is 4.74 Å². The summed E-state index contributed by atoms with van der Waals surface area (Å²) in [6.45, 7) is 0. The van der Waals surface area contributed by atoms with E-state index in [0.717, 1.165) is 28.4 Å². The summed E-state index contributed by atoms with van der Waals surface area (Å²) in [5, 5.41) is 4.99. The Morgan fingerprint density at radius 3 is 1.90 bits per heavy atom. The highest BCUT2D eigenvalue weighted by Gasteiger charge is 2.23. The first kappa shape index (κ1) is 20.7. The molecule has 3 heterocycles. The lowest BCUT2D eigenvalue weighted by molar-refractivity contribution is 0.476. The van der Waals surface area contributed by atoms with Crippen LogP contribution in [0.15, 0.2) is 133 Å². The third-order valence-electron chi connectivity index (χ3n) is 8.10. The van der Waals surface area contributed by atoms with Crippen molar-refractivity contribution in [2.45, 2.75) is 0 Å². The van der Waals surface area contributed by atoms with Crippen LogP contribution in [0.1, 0.15) is 0 Å². The van der Waals surface area contributed by atoms with E-state index in [0.29, 0.717) is 0 Å². The summed E-state index contributed by atoms with van der Waals surface area (Å²) in [7, 11) is 0. The average Bonchev–Trinajstić information content (AvgIpc) is 3.51. The smallest absolute Gasteiger partial charge is 0.152 e. The minimum atomic E-state index is 0.883.